The number of rotatable bonds is 2. The van der Waals surface area contributed by atoms with Gasteiger partial charge in [0.1, 0.15) is 6.61 Å². The number of esters is 1. The van der Waals surface area contributed by atoms with Gasteiger partial charge in [0.05, 0.1) is 0 Å². The molecule has 60 valence electrons. The fraction of sp³-hybridized carbons (Fsp3) is 0.100. The lowest BCUT2D eigenvalue weighted by Crippen LogP contribution is -2.00. The Morgan fingerprint density at radius 1 is 1.42 bits per heavy atom. The highest BCUT2D eigenvalue weighted by atomic mass is 16.5. The molecule has 1 rings (SSSR count). The molecule has 0 N–H and O–H groups in total. The first kappa shape index (κ1) is 8.35. The number of carbonyl (C=O) groups is 1. The third-order valence-corrected chi connectivity index (χ3v) is 1.33. The molecule has 12 heavy (non-hydrogen) atoms. The molecule has 0 aromatic heterocycles. The van der Waals surface area contributed by atoms with Crippen LogP contribution in [0, 0.1) is 12.3 Å². The summed E-state index contributed by atoms with van der Waals surface area (Å²) >= 11 is 0. The van der Waals surface area contributed by atoms with Crippen LogP contribution in [0.3, 0.4) is 0 Å². The minimum absolute atomic E-state index is 0.240. The standard InChI is InChI=1S/C10H8O2/c1-2-10(11)12-8-9-6-4-3-5-7-9/h1,3-7H,8H2. The van der Waals surface area contributed by atoms with Crippen LogP contribution in [0.2, 0.25) is 0 Å². The number of carbonyl (C=O) groups excluding carboxylic acids is 1. The molecule has 2 heteroatoms. The van der Waals surface area contributed by atoms with Crippen LogP contribution in [0.1, 0.15) is 5.56 Å². The SMILES string of the molecule is C#CC(=O)OCc1ccccc1. The van der Waals surface area contributed by atoms with E-state index in [0.29, 0.717) is 0 Å². The zero-order valence-electron chi connectivity index (χ0n) is 6.49. The lowest BCUT2D eigenvalue weighted by Gasteiger charge is -1.99. The molecule has 0 radical (unpaired) electrons. The van der Waals surface area contributed by atoms with Gasteiger partial charge < -0.3 is 4.74 Å². The van der Waals surface area contributed by atoms with Crippen molar-refractivity contribution in [2.24, 2.45) is 0 Å². The highest BCUT2D eigenvalue weighted by Gasteiger charge is 1.96. The smallest absolute Gasteiger partial charge is 0.384 e. The van der Waals surface area contributed by atoms with Gasteiger partial charge in [-0.05, 0) is 5.56 Å². The van der Waals surface area contributed by atoms with Gasteiger partial charge >= 0.3 is 5.97 Å². The molecule has 1 aromatic rings. The summed E-state index contributed by atoms with van der Waals surface area (Å²) in [6.07, 6.45) is 4.81. The lowest BCUT2D eigenvalue weighted by molar-refractivity contribution is -0.137. The number of hydrogen-bond donors (Lipinski definition) is 0. The number of benzene rings is 1. The summed E-state index contributed by atoms with van der Waals surface area (Å²) in [6.45, 7) is 0.240. The Bertz CT molecular complexity index is 295. The van der Waals surface area contributed by atoms with Crippen molar-refractivity contribution in [1.82, 2.24) is 0 Å². The summed E-state index contributed by atoms with van der Waals surface area (Å²) in [5, 5.41) is 0. The van der Waals surface area contributed by atoms with E-state index in [-0.39, 0.29) is 6.61 Å². The largest absolute Gasteiger partial charge is 0.451 e. The molecule has 0 unspecified atom stereocenters. The third-order valence-electron chi connectivity index (χ3n) is 1.33. The second-order valence-electron chi connectivity index (χ2n) is 2.21. The molecule has 1 aromatic carbocycles. The molecular formula is C10H8O2. The molecular weight excluding hydrogens is 152 g/mol. The topological polar surface area (TPSA) is 26.3 Å². The molecule has 0 aliphatic rings. The molecule has 0 saturated heterocycles. The Balaban J connectivity index is 2.45. The van der Waals surface area contributed by atoms with Gasteiger partial charge in [-0.2, -0.15) is 0 Å². The second-order valence-corrected chi connectivity index (χ2v) is 2.21. The van der Waals surface area contributed by atoms with E-state index in [2.05, 4.69) is 0 Å². The Kier molecular flexibility index (Phi) is 2.92. The Labute approximate surface area is 71.2 Å². The van der Waals surface area contributed by atoms with E-state index in [9.17, 15) is 4.79 Å². The van der Waals surface area contributed by atoms with Crippen LogP contribution in [0.25, 0.3) is 0 Å². The summed E-state index contributed by atoms with van der Waals surface area (Å²) in [5.74, 6) is 1.25. The maximum absolute atomic E-state index is 10.5. The third kappa shape index (κ3) is 2.47. The number of ether oxygens (including phenoxy) is 1. The van der Waals surface area contributed by atoms with Crippen LogP contribution < -0.4 is 0 Å². The molecule has 0 aliphatic heterocycles. The number of terminal acetylenes is 1. The van der Waals surface area contributed by atoms with Gasteiger partial charge in [-0.1, -0.05) is 30.3 Å². The first-order valence-corrected chi connectivity index (χ1v) is 3.50. The van der Waals surface area contributed by atoms with E-state index in [1.165, 1.54) is 0 Å². The van der Waals surface area contributed by atoms with Crippen molar-refractivity contribution in [3.05, 3.63) is 35.9 Å². The van der Waals surface area contributed by atoms with Crippen molar-refractivity contribution in [1.29, 1.82) is 0 Å². The van der Waals surface area contributed by atoms with Crippen LogP contribution in [0.4, 0.5) is 0 Å². The van der Waals surface area contributed by atoms with Gasteiger partial charge in [-0.25, -0.2) is 4.79 Å². The molecule has 0 heterocycles. The Hall–Kier alpha value is -1.75. The zero-order valence-corrected chi connectivity index (χ0v) is 6.49. The van der Waals surface area contributed by atoms with Crippen molar-refractivity contribution in [2.75, 3.05) is 0 Å². The Morgan fingerprint density at radius 3 is 2.67 bits per heavy atom. The Morgan fingerprint density at radius 2 is 2.08 bits per heavy atom. The maximum Gasteiger partial charge on any atom is 0.384 e. The van der Waals surface area contributed by atoms with E-state index in [0.717, 1.165) is 5.56 Å². The van der Waals surface area contributed by atoms with Crippen molar-refractivity contribution in [3.63, 3.8) is 0 Å². The predicted octanol–water partition coefficient (Wildman–Crippen LogP) is 1.36. The lowest BCUT2D eigenvalue weighted by atomic mass is 10.2. The molecule has 0 fully saturated rings. The van der Waals surface area contributed by atoms with Crippen LogP contribution in [-0.4, -0.2) is 5.97 Å². The van der Waals surface area contributed by atoms with Crippen LogP contribution in [0.5, 0.6) is 0 Å². The fourth-order valence-electron chi connectivity index (χ4n) is 0.765. The predicted molar refractivity (Wildman–Crippen MR) is 45.1 cm³/mol. The van der Waals surface area contributed by atoms with Gasteiger partial charge in [0, 0.05) is 5.92 Å². The summed E-state index contributed by atoms with van der Waals surface area (Å²) < 4.78 is 4.70. The van der Waals surface area contributed by atoms with Gasteiger partial charge in [0.15, 0.2) is 0 Å². The van der Waals surface area contributed by atoms with Gasteiger partial charge in [-0.3, -0.25) is 0 Å². The number of hydrogen-bond acceptors (Lipinski definition) is 2. The van der Waals surface area contributed by atoms with Gasteiger partial charge in [0.25, 0.3) is 0 Å². The minimum atomic E-state index is -0.626. The minimum Gasteiger partial charge on any atom is -0.451 e. The highest BCUT2D eigenvalue weighted by molar-refractivity contribution is 5.87. The zero-order chi connectivity index (χ0) is 8.81. The monoisotopic (exact) mass is 160 g/mol. The molecule has 2 nitrogen and oxygen atoms in total. The summed E-state index contributed by atoms with van der Waals surface area (Å²) in [6, 6.07) is 9.37. The van der Waals surface area contributed by atoms with Gasteiger partial charge in [-0.15, -0.1) is 6.42 Å². The average Bonchev–Trinajstić information content (AvgIpc) is 2.16. The normalized spacial score (nSPS) is 8.58. The molecule has 0 amide bonds. The molecule has 0 atom stereocenters. The summed E-state index contributed by atoms with van der Waals surface area (Å²) in [5.41, 5.74) is 0.932. The molecule has 0 aliphatic carbocycles. The first-order valence-electron chi connectivity index (χ1n) is 3.50. The van der Waals surface area contributed by atoms with Crippen molar-refractivity contribution >= 4 is 5.97 Å². The van der Waals surface area contributed by atoms with Crippen molar-refractivity contribution in [3.8, 4) is 12.3 Å². The van der Waals surface area contributed by atoms with Crippen LogP contribution in [-0.2, 0) is 16.1 Å². The quantitative estimate of drug-likeness (QED) is 0.371. The van der Waals surface area contributed by atoms with E-state index in [1.54, 1.807) is 0 Å². The van der Waals surface area contributed by atoms with Gasteiger partial charge in [0.2, 0.25) is 0 Å². The highest BCUT2D eigenvalue weighted by Crippen LogP contribution is 1.99. The second kappa shape index (κ2) is 4.20. The van der Waals surface area contributed by atoms with Crippen molar-refractivity contribution in [2.45, 2.75) is 6.61 Å². The van der Waals surface area contributed by atoms with Crippen LogP contribution in [0.15, 0.2) is 30.3 Å². The first-order chi connectivity index (χ1) is 5.83. The van der Waals surface area contributed by atoms with Crippen LogP contribution >= 0.6 is 0 Å². The summed E-state index contributed by atoms with van der Waals surface area (Å²) in [7, 11) is 0. The average molecular weight is 160 g/mol. The molecule has 0 bridgehead atoms. The fourth-order valence-corrected chi connectivity index (χ4v) is 0.765. The van der Waals surface area contributed by atoms with Crippen molar-refractivity contribution < 1.29 is 9.53 Å². The maximum atomic E-state index is 10.5. The molecule has 0 saturated carbocycles. The summed E-state index contributed by atoms with van der Waals surface area (Å²) in [4.78, 5) is 10.5. The van der Waals surface area contributed by atoms with E-state index in [1.807, 2.05) is 36.3 Å². The van der Waals surface area contributed by atoms with E-state index >= 15 is 0 Å². The van der Waals surface area contributed by atoms with E-state index < -0.39 is 5.97 Å². The molecule has 0 spiro atoms. The van der Waals surface area contributed by atoms with E-state index in [4.69, 9.17) is 11.2 Å².